The molecule has 0 spiro atoms. The number of aromatic amines is 1. The van der Waals surface area contributed by atoms with Gasteiger partial charge in [-0.2, -0.15) is 0 Å². The van der Waals surface area contributed by atoms with Gasteiger partial charge >= 0.3 is 0 Å². The summed E-state index contributed by atoms with van der Waals surface area (Å²) in [4.78, 5) is 6.93. The third-order valence-electron chi connectivity index (χ3n) is 2.37. The van der Waals surface area contributed by atoms with E-state index in [2.05, 4.69) is 9.97 Å². The van der Waals surface area contributed by atoms with Crippen LogP contribution in [-0.4, -0.2) is 9.97 Å². The zero-order valence-electron chi connectivity index (χ0n) is 8.31. The quantitative estimate of drug-likeness (QED) is 0.647. The summed E-state index contributed by atoms with van der Waals surface area (Å²) in [5, 5.41) is 1.08. The van der Waals surface area contributed by atoms with E-state index in [1.54, 1.807) is 6.20 Å². The van der Waals surface area contributed by atoms with E-state index in [0.717, 1.165) is 22.4 Å². The molecule has 0 fully saturated rings. The van der Waals surface area contributed by atoms with Gasteiger partial charge in [-0.1, -0.05) is 18.2 Å². The molecule has 0 bridgehead atoms. The second kappa shape index (κ2) is 3.57. The van der Waals surface area contributed by atoms with Crippen LogP contribution in [0.3, 0.4) is 0 Å². The van der Waals surface area contributed by atoms with Crippen molar-refractivity contribution in [3.05, 3.63) is 47.4 Å². The fourth-order valence-electron chi connectivity index (χ4n) is 1.63. The summed E-state index contributed by atoms with van der Waals surface area (Å²) < 4.78 is 6.16. The number of benzene rings is 1. The second-order valence-electron chi connectivity index (χ2n) is 3.44. The Morgan fingerprint density at radius 2 is 2.06 bits per heavy atom. The van der Waals surface area contributed by atoms with Gasteiger partial charge in [-0.3, -0.25) is 0 Å². The van der Waals surface area contributed by atoms with Gasteiger partial charge in [0.1, 0.15) is 5.58 Å². The number of nitrogens with one attached hydrogen (secondary N) is 1. The molecule has 0 amide bonds. The minimum Gasteiger partial charge on any atom is -0.455 e. The molecular formula is C12H8N2OS. The van der Waals surface area contributed by atoms with Gasteiger partial charge in [0, 0.05) is 11.6 Å². The zero-order valence-corrected chi connectivity index (χ0v) is 9.12. The van der Waals surface area contributed by atoms with Gasteiger partial charge in [0.25, 0.3) is 0 Å². The van der Waals surface area contributed by atoms with E-state index in [0.29, 0.717) is 4.77 Å². The van der Waals surface area contributed by atoms with Gasteiger partial charge in [0.05, 0.1) is 5.69 Å². The maximum atomic E-state index is 5.70. The highest BCUT2D eigenvalue weighted by molar-refractivity contribution is 7.71. The number of para-hydroxylation sites is 1. The number of hydrogen-bond acceptors (Lipinski definition) is 3. The van der Waals surface area contributed by atoms with Crippen LogP contribution in [0, 0.1) is 4.77 Å². The molecule has 3 nitrogen and oxygen atoms in total. The Labute approximate surface area is 96.8 Å². The van der Waals surface area contributed by atoms with Crippen molar-refractivity contribution in [2.75, 3.05) is 0 Å². The number of H-pyrrole nitrogens is 1. The second-order valence-corrected chi connectivity index (χ2v) is 3.82. The largest absolute Gasteiger partial charge is 0.455 e. The number of furan rings is 1. The monoisotopic (exact) mass is 228 g/mol. The summed E-state index contributed by atoms with van der Waals surface area (Å²) in [5.74, 6) is 0.773. The lowest BCUT2D eigenvalue weighted by molar-refractivity contribution is 0.628. The summed E-state index contributed by atoms with van der Waals surface area (Å²) in [6, 6.07) is 11.7. The fraction of sp³-hybridized carbons (Fsp3) is 0. The van der Waals surface area contributed by atoms with Crippen LogP contribution < -0.4 is 0 Å². The van der Waals surface area contributed by atoms with Crippen molar-refractivity contribution >= 4 is 23.2 Å². The van der Waals surface area contributed by atoms with E-state index in [4.69, 9.17) is 16.6 Å². The Morgan fingerprint density at radius 3 is 2.88 bits per heavy atom. The fourth-order valence-corrected chi connectivity index (χ4v) is 1.80. The number of hydrogen-bond donors (Lipinski definition) is 1. The Balaban J connectivity index is 2.23. The molecule has 0 saturated heterocycles. The maximum absolute atomic E-state index is 5.70. The average Bonchev–Trinajstić information content (AvgIpc) is 2.72. The molecule has 4 heteroatoms. The smallest absolute Gasteiger partial charge is 0.197 e. The van der Waals surface area contributed by atoms with Crippen LogP contribution in [0.1, 0.15) is 0 Å². The molecule has 0 radical (unpaired) electrons. The minimum atomic E-state index is 0.456. The van der Waals surface area contributed by atoms with Crippen molar-refractivity contribution in [3.63, 3.8) is 0 Å². The molecule has 0 aliphatic carbocycles. The normalized spacial score (nSPS) is 10.8. The first-order valence-electron chi connectivity index (χ1n) is 4.87. The Bertz CT molecular complexity index is 666. The van der Waals surface area contributed by atoms with E-state index in [-0.39, 0.29) is 0 Å². The van der Waals surface area contributed by atoms with E-state index < -0.39 is 0 Å². The van der Waals surface area contributed by atoms with E-state index >= 15 is 0 Å². The van der Waals surface area contributed by atoms with Gasteiger partial charge < -0.3 is 9.40 Å². The average molecular weight is 228 g/mol. The predicted octanol–water partition coefficient (Wildman–Crippen LogP) is 3.55. The van der Waals surface area contributed by atoms with Gasteiger partial charge in [-0.15, -0.1) is 0 Å². The van der Waals surface area contributed by atoms with Crippen LogP contribution in [0.4, 0.5) is 0 Å². The molecule has 1 aromatic carbocycles. The molecule has 3 aromatic rings. The van der Waals surface area contributed by atoms with Crippen molar-refractivity contribution in [3.8, 4) is 11.5 Å². The lowest BCUT2D eigenvalue weighted by Crippen LogP contribution is -1.83. The highest BCUT2D eigenvalue weighted by Crippen LogP contribution is 2.25. The topological polar surface area (TPSA) is 41.8 Å². The molecule has 3 rings (SSSR count). The number of nitrogens with zero attached hydrogens (tertiary/aromatic N) is 1. The summed E-state index contributed by atoms with van der Waals surface area (Å²) in [5.41, 5.74) is 1.71. The predicted molar refractivity (Wildman–Crippen MR) is 64.6 cm³/mol. The van der Waals surface area contributed by atoms with Gasteiger partial charge in [-0.05, 0) is 30.4 Å². The highest BCUT2D eigenvalue weighted by Gasteiger charge is 2.05. The molecule has 0 atom stereocenters. The van der Waals surface area contributed by atoms with Crippen molar-refractivity contribution in [2.24, 2.45) is 0 Å². The molecule has 2 heterocycles. The van der Waals surface area contributed by atoms with E-state index in [1.165, 1.54) is 0 Å². The third kappa shape index (κ3) is 1.53. The first-order chi connectivity index (χ1) is 7.83. The van der Waals surface area contributed by atoms with Crippen LogP contribution in [0.25, 0.3) is 22.4 Å². The van der Waals surface area contributed by atoms with Crippen LogP contribution in [0.2, 0.25) is 0 Å². The summed E-state index contributed by atoms with van der Waals surface area (Å²) in [6.07, 6.45) is 1.67. The Morgan fingerprint density at radius 1 is 1.19 bits per heavy atom. The molecular weight excluding hydrogens is 220 g/mol. The first kappa shape index (κ1) is 9.30. The molecule has 0 unspecified atom stereocenters. The molecule has 2 aromatic heterocycles. The number of fused-ring (bicyclic) bond motifs is 1. The molecule has 16 heavy (non-hydrogen) atoms. The molecule has 0 saturated carbocycles. The summed E-state index contributed by atoms with van der Waals surface area (Å²) in [7, 11) is 0. The van der Waals surface area contributed by atoms with Crippen LogP contribution in [0.15, 0.2) is 47.0 Å². The summed E-state index contributed by atoms with van der Waals surface area (Å²) in [6.45, 7) is 0. The standard InChI is InChI=1S/C12H8N2OS/c16-12-13-6-5-9(14-12)11-7-8-3-1-2-4-10(8)15-11/h1-7H,(H,13,14,16). The van der Waals surface area contributed by atoms with Crippen LogP contribution in [-0.2, 0) is 0 Å². The number of aromatic nitrogens is 2. The number of rotatable bonds is 1. The highest BCUT2D eigenvalue weighted by atomic mass is 32.1. The van der Waals surface area contributed by atoms with E-state index in [9.17, 15) is 0 Å². The molecule has 78 valence electrons. The third-order valence-corrected chi connectivity index (χ3v) is 2.57. The molecule has 0 aliphatic rings. The Kier molecular flexibility index (Phi) is 2.08. The first-order valence-corrected chi connectivity index (χ1v) is 5.28. The zero-order chi connectivity index (χ0) is 11.0. The SMILES string of the molecule is S=c1nccc(-c2cc3ccccc3o2)[nH]1. The lowest BCUT2D eigenvalue weighted by Gasteiger charge is -1.94. The van der Waals surface area contributed by atoms with Crippen molar-refractivity contribution in [2.45, 2.75) is 0 Å². The lowest BCUT2D eigenvalue weighted by atomic mass is 10.2. The van der Waals surface area contributed by atoms with E-state index in [1.807, 2.05) is 36.4 Å². The maximum Gasteiger partial charge on any atom is 0.197 e. The van der Waals surface area contributed by atoms with Gasteiger partial charge in [0.15, 0.2) is 10.5 Å². The van der Waals surface area contributed by atoms with Crippen molar-refractivity contribution in [1.29, 1.82) is 0 Å². The molecule has 1 N–H and O–H groups in total. The molecule has 0 aliphatic heterocycles. The van der Waals surface area contributed by atoms with Gasteiger partial charge in [-0.25, -0.2) is 4.98 Å². The minimum absolute atomic E-state index is 0.456. The van der Waals surface area contributed by atoms with Crippen molar-refractivity contribution < 1.29 is 4.42 Å². The summed E-state index contributed by atoms with van der Waals surface area (Å²) >= 11 is 4.97. The van der Waals surface area contributed by atoms with Crippen molar-refractivity contribution in [1.82, 2.24) is 9.97 Å². The van der Waals surface area contributed by atoms with Crippen LogP contribution in [0.5, 0.6) is 0 Å². The van der Waals surface area contributed by atoms with Gasteiger partial charge in [0.2, 0.25) is 0 Å². The van der Waals surface area contributed by atoms with Crippen LogP contribution >= 0.6 is 12.2 Å². The Hall–Kier alpha value is -1.94.